The van der Waals surface area contributed by atoms with E-state index in [-0.39, 0.29) is 22.5 Å². The predicted octanol–water partition coefficient (Wildman–Crippen LogP) is 4.90. The smallest absolute Gasteiger partial charge is 0.242 e. The van der Waals surface area contributed by atoms with Crippen molar-refractivity contribution in [2.24, 2.45) is 17.3 Å². The first-order chi connectivity index (χ1) is 15.8. The van der Waals surface area contributed by atoms with Crippen molar-refractivity contribution in [3.63, 3.8) is 0 Å². The van der Waals surface area contributed by atoms with Crippen LogP contribution in [-0.4, -0.2) is 30.5 Å². The van der Waals surface area contributed by atoms with Gasteiger partial charge in [0.05, 0.1) is 17.5 Å². The van der Waals surface area contributed by atoms with Crippen molar-refractivity contribution < 1.29 is 9.18 Å². The first-order valence-electron chi connectivity index (χ1n) is 11.2. The van der Waals surface area contributed by atoms with E-state index in [0.29, 0.717) is 35.6 Å². The van der Waals surface area contributed by atoms with Crippen LogP contribution in [0.25, 0.3) is 0 Å². The van der Waals surface area contributed by atoms with E-state index < -0.39 is 5.41 Å². The molecule has 172 valence electrons. The van der Waals surface area contributed by atoms with Gasteiger partial charge < -0.3 is 5.32 Å². The van der Waals surface area contributed by atoms with Crippen LogP contribution in [0.15, 0.2) is 36.8 Å². The van der Waals surface area contributed by atoms with Crippen LogP contribution >= 0.6 is 23.2 Å². The molecule has 4 aliphatic carbocycles. The Bertz CT molecular complexity index is 1230. The van der Waals surface area contributed by atoms with Crippen LogP contribution in [0.4, 0.5) is 10.2 Å². The summed E-state index contributed by atoms with van der Waals surface area (Å²) < 4.78 is 17.0. The van der Waals surface area contributed by atoms with E-state index in [1.807, 2.05) is 10.7 Å². The van der Waals surface area contributed by atoms with Gasteiger partial charge in [0, 0.05) is 6.20 Å². The molecule has 0 aliphatic heterocycles. The van der Waals surface area contributed by atoms with E-state index in [1.54, 1.807) is 23.3 Å². The van der Waals surface area contributed by atoms with Crippen LogP contribution in [0.2, 0.25) is 10.3 Å². The summed E-state index contributed by atoms with van der Waals surface area (Å²) in [5.74, 6) is 0.947. The molecule has 4 aliphatic rings. The Morgan fingerprint density at radius 1 is 1.18 bits per heavy atom. The number of hydrogen-bond acceptors (Lipinski definition) is 4. The maximum atomic E-state index is 13.7. The fourth-order valence-corrected chi connectivity index (χ4v) is 7.17. The largest absolute Gasteiger partial charge is 0.307 e. The Labute approximate surface area is 200 Å². The second kappa shape index (κ2) is 7.53. The van der Waals surface area contributed by atoms with Crippen molar-refractivity contribution in [3.05, 3.63) is 58.5 Å². The highest BCUT2D eigenvalue weighted by molar-refractivity contribution is 6.33. The highest BCUT2D eigenvalue weighted by Crippen LogP contribution is 2.64. The summed E-state index contributed by atoms with van der Waals surface area (Å²) >= 11 is 12.4. The van der Waals surface area contributed by atoms with Crippen molar-refractivity contribution in [3.8, 4) is 0 Å². The minimum Gasteiger partial charge on any atom is -0.307 e. The third-order valence-corrected chi connectivity index (χ3v) is 8.09. The van der Waals surface area contributed by atoms with E-state index in [9.17, 15) is 9.18 Å². The van der Waals surface area contributed by atoms with Gasteiger partial charge in [-0.05, 0) is 79.7 Å². The fraction of sp³-hybridized carbons (Fsp3) is 0.478. The molecule has 4 saturated carbocycles. The minimum absolute atomic E-state index is 0.0370. The lowest BCUT2D eigenvalue weighted by atomic mass is 9.46. The lowest BCUT2D eigenvalue weighted by Gasteiger charge is -2.60. The second-order valence-corrected chi connectivity index (χ2v) is 10.8. The summed E-state index contributed by atoms with van der Waals surface area (Å²) in [5.41, 5.74) is 0.0573. The molecule has 33 heavy (non-hydrogen) atoms. The number of nitrogens with zero attached hydrogens (tertiary/aromatic N) is 5. The number of carbonyl (C=O) groups is 1. The quantitative estimate of drug-likeness (QED) is 0.553. The minimum atomic E-state index is -0.488. The molecule has 7 rings (SSSR count). The molecule has 4 fully saturated rings. The molecule has 0 radical (unpaired) electrons. The van der Waals surface area contributed by atoms with Crippen molar-refractivity contribution in [1.29, 1.82) is 0 Å². The Balaban J connectivity index is 1.24. The van der Waals surface area contributed by atoms with Gasteiger partial charge in [-0.25, -0.2) is 14.1 Å². The highest BCUT2D eigenvalue weighted by atomic mass is 35.5. The Hall–Kier alpha value is -2.45. The molecule has 2 unspecified atom stereocenters. The summed E-state index contributed by atoms with van der Waals surface area (Å²) in [6, 6.07) is 6.34. The molecule has 2 atom stereocenters. The summed E-state index contributed by atoms with van der Waals surface area (Å²) in [7, 11) is 0. The van der Waals surface area contributed by atoms with Gasteiger partial charge in [-0.3, -0.25) is 9.48 Å². The molecular formula is C23H23Cl2FN6O. The van der Waals surface area contributed by atoms with Crippen molar-refractivity contribution in [1.82, 2.24) is 24.5 Å². The molecule has 1 aromatic carbocycles. The number of halogens is 3. The lowest BCUT2D eigenvalue weighted by Crippen LogP contribution is -2.60. The molecule has 4 bridgehead atoms. The van der Waals surface area contributed by atoms with Crippen LogP contribution in [0, 0.1) is 23.1 Å². The Morgan fingerprint density at radius 3 is 2.67 bits per heavy atom. The van der Waals surface area contributed by atoms with Gasteiger partial charge in [0.15, 0.2) is 5.82 Å². The summed E-state index contributed by atoms with van der Waals surface area (Å²) in [6.07, 6.45) is 8.94. The Kier molecular flexibility index (Phi) is 4.82. The van der Waals surface area contributed by atoms with Crippen molar-refractivity contribution >= 4 is 34.9 Å². The van der Waals surface area contributed by atoms with Crippen molar-refractivity contribution in [2.45, 2.75) is 50.6 Å². The number of benzene rings is 1. The van der Waals surface area contributed by atoms with E-state index in [4.69, 9.17) is 23.2 Å². The Morgan fingerprint density at radius 2 is 1.97 bits per heavy atom. The van der Waals surface area contributed by atoms with Gasteiger partial charge in [-0.2, -0.15) is 5.10 Å². The van der Waals surface area contributed by atoms with Crippen LogP contribution in [0.3, 0.4) is 0 Å². The monoisotopic (exact) mass is 488 g/mol. The van der Waals surface area contributed by atoms with E-state index >= 15 is 0 Å². The van der Waals surface area contributed by atoms with Gasteiger partial charge in [0.1, 0.15) is 17.2 Å². The zero-order valence-electron chi connectivity index (χ0n) is 17.8. The molecule has 2 aromatic heterocycles. The van der Waals surface area contributed by atoms with Crippen LogP contribution in [0.5, 0.6) is 0 Å². The normalized spacial score (nSPS) is 30.0. The van der Waals surface area contributed by atoms with E-state index in [1.165, 1.54) is 12.1 Å². The molecule has 3 aromatic rings. The lowest BCUT2D eigenvalue weighted by molar-refractivity contribution is -0.150. The second-order valence-electron chi connectivity index (χ2n) is 10.0. The maximum absolute atomic E-state index is 13.7. The standard InChI is InChI=1S/C23H23Cl2FN6O/c24-18-11-31(10-14-2-1-3-17(26)5-14)29-19(18)28-20(33)22-6-15-4-16(7-22)9-23(8-15,12-22)32-13-27-21(25)30-32/h1-3,5,11,13,15-16H,4,6-10,12H2,(H,28,29,33). The topological polar surface area (TPSA) is 77.6 Å². The molecule has 0 saturated heterocycles. The number of carbonyl (C=O) groups excluding carboxylic acids is 1. The van der Waals surface area contributed by atoms with Crippen LogP contribution in [0.1, 0.15) is 44.1 Å². The van der Waals surface area contributed by atoms with Gasteiger partial charge in [-0.1, -0.05) is 23.7 Å². The SMILES string of the molecule is O=C(Nc1nn(Cc2cccc(F)c2)cc1Cl)C12CC3CC(C1)CC(n1cnc(Cl)n1)(C3)C2. The van der Waals surface area contributed by atoms with E-state index in [0.717, 1.165) is 37.7 Å². The number of rotatable bonds is 5. The molecule has 7 nitrogen and oxygen atoms in total. The summed E-state index contributed by atoms with van der Waals surface area (Å²) in [4.78, 5) is 17.8. The zero-order valence-corrected chi connectivity index (χ0v) is 19.4. The number of nitrogens with one attached hydrogen (secondary N) is 1. The first-order valence-corrected chi connectivity index (χ1v) is 11.9. The molecular weight excluding hydrogens is 466 g/mol. The first kappa shape index (κ1) is 21.1. The van der Waals surface area contributed by atoms with Gasteiger partial charge in [-0.15, -0.1) is 5.10 Å². The molecule has 2 heterocycles. The third kappa shape index (κ3) is 3.64. The average molecular weight is 489 g/mol. The highest BCUT2D eigenvalue weighted by Gasteiger charge is 2.61. The maximum Gasteiger partial charge on any atom is 0.242 e. The molecule has 10 heteroatoms. The predicted molar refractivity (Wildman–Crippen MR) is 121 cm³/mol. The number of anilines is 1. The van der Waals surface area contributed by atoms with Crippen LogP contribution in [-0.2, 0) is 16.9 Å². The van der Waals surface area contributed by atoms with Crippen molar-refractivity contribution in [2.75, 3.05) is 5.32 Å². The number of amides is 1. The number of aromatic nitrogens is 5. The fourth-order valence-electron chi connectivity index (χ4n) is 6.84. The molecule has 1 N–H and O–H groups in total. The van der Waals surface area contributed by atoms with Gasteiger partial charge in [0.25, 0.3) is 0 Å². The number of hydrogen-bond donors (Lipinski definition) is 1. The van der Waals surface area contributed by atoms with Gasteiger partial charge >= 0.3 is 0 Å². The average Bonchev–Trinajstić information content (AvgIpc) is 3.33. The van der Waals surface area contributed by atoms with E-state index in [2.05, 4.69) is 20.5 Å². The van der Waals surface area contributed by atoms with Crippen LogP contribution < -0.4 is 5.32 Å². The summed E-state index contributed by atoms with van der Waals surface area (Å²) in [5, 5.41) is 12.5. The molecule has 1 amide bonds. The van der Waals surface area contributed by atoms with Gasteiger partial charge in [0.2, 0.25) is 11.2 Å². The third-order valence-electron chi connectivity index (χ3n) is 7.64. The summed E-state index contributed by atoms with van der Waals surface area (Å²) in [6.45, 7) is 0.360. The zero-order chi connectivity index (χ0) is 22.8. The molecule has 0 spiro atoms.